The molecule has 0 bridgehead atoms. The fourth-order valence-electron chi connectivity index (χ4n) is 2.42. The van der Waals surface area contributed by atoms with Crippen molar-refractivity contribution in [2.24, 2.45) is 0 Å². The van der Waals surface area contributed by atoms with Crippen LogP contribution in [0.4, 0.5) is 4.39 Å². The van der Waals surface area contributed by atoms with E-state index in [9.17, 15) is 4.39 Å². The zero-order valence-electron chi connectivity index (χ0n) is 11.9. The highest BCUT2D eigenvalue weighted by Crippen LogP contribution is 2.22. The molecule has 0 aliphatic carbocycles. The molecule has 0 aromatic heterocycles. The molecule has 0 radical (unpaired) electrons. The van der Waals surface area contributed by atoms with E-state index in [1.807, 2.05) is 6.07 Å². The fourth-order valence-corrected chi connectivity index (χ4v) is 2.61. The van der Waals surface area contributed by atoms with E-state index in [1.165, 1.54) is 6.07 Å². The smallest absolute Gasteiger partial charge is 0.142 e. The third kappa shape index (κ3) is 4.16. The van der Waals surface area contributed by atoms with Crippen LogP contribution in [0.3, 0.4) is 0 Å². The standard InChI is InChI=1S/C15H22ClFN2O/c1-2-6-18-9-13-11-20-8-7-19(13)10-12-4-3-5-14(17)15(12)16/h3-5,13,18H,2,6-11H2,1H3. The molecular formula is C15H22ClFN2O. The van der Waals surface area contributed by atoms with Gasteiger partial charge in [0.15, 0.2) is 0 Å². The number of ether oxygens (including phenoxy) is 1. The molecule has 1 atom stereocenters. The SMILES string of the molecule is CCCNCC1COCCN1Cc1cccc(F)c1Cl. The maximum atomic E-state index is 13.5. The second-order valence-electron chi connectivity index (χ2n) is 5.12. The third-order valence-corrected chi connectivity index (χ3v) is 3.98. The molecule has 1 aromatic carbocycles. The van der Waals surface area contributed by atoms with Crippen molar-refractivity contribution in [3.05, 3.63) is 34.6 Å². The molecule has 20 heavy (non-hydrogen) atoms. The molecule has 1 fully saturated rings. The Morgan fingerprint density at radius 1 is 1.50 bits per heavy atom. The molecule has 1 saturated heterocycles. The highest BCUT2D eigenvalue weighted by atomic mass is 35.5. The molecule has 1 aliphatic heterocycles. The van der Waals surface area contributed by atoms with Gasteiger partial charge in [-0.1, -0.05) is 30.7 Å². The predicted molar refractivity (Wildman–Crippen MR) is 79.6 cm³/mol. The zero-order valence-corrected chi connectivity index (χ0v) is 12.6. The van der Waals surface area contributed by atoms with Gasteiger partial charge in [-0.3, -0.25) is 4.90 Å². The number of nitrogens with zero attached hydrogens (tertiary/aromatic N) is 1. The molecule has 0 spiro atoms. The van der Waals surface area contributed by atoms with Gasteiger partial charge in [-0.2, -0.15) is 0 Å². The summed E-state index contributed by atoms with van der Waals surface area (Å²) >= 11 is 6.04. The Morgan fingerprint density at radius 2 is 2.35 bits per heavy atom. The van der Waals surface area contributed by atoms with Crippen LogP contribution in [0.25, 0.3) is 0 Å². The van der Waals surface area contributed by atoms with Crippen LogP contribution in [0.15, 0.2) is 18.2 Å². The van der Waals surface area contributed by atoms with Crippen LogP contribution in [-0.4, -0.2) is 43.8 Å². The van der Waals surface area contributed by atoms with Gasteiger partial charge < -0.3 is 10.1 Å². The summed E-state index contributed by atoms with van der Waals surface area (Å²) in [6, 6.07) is 5.30. The van der Waals surface area contributed by atoms with Crippen LogP contribution in [-0.2, 0) is 11.3 Å². The van der Waals surface area contributed by atoms with Crippen LogP contribution < -0.4 is 5.32 Å². The average Bonchev–Trinajstić information content (AvgIpc) is 2.46. The van der Waals surface area contributed by atoms with Gasteiger partial charge in [0, 0.05) is 25.7 Å². The molecule has 3 nitrogen and oxygen atoms in total. The minimum Gasteiger partial charge on any atom is -0.378 e. The van der Waals surface area contributed by atoms with Crippen molar-refractivity contribution < 1.29 is 9.13 Å². The molecule has 0 amide bonds. The Bertz CT molecular complexity index is 430. The van der Waals surface area contributed by atoms with Crippen LogP contribution in [0, 0.1) is 5.82 Å². The molecule has 1 unspecified atom stereocenters. The highest BCUT2D eigenvalue weighted by molar-refractivity contribution is 6.31. The first-order chi connectivity index (χ1) is 9.72. The van der Waals surface area contributed by atoms with Crippen molar-refractivity contribution in [2.45, 2.75) is 25.9 Å². The summed E-state index contributed by atoms with van der Waals surface area (Å²) in [6.45, 7) is 6.99. The Labute approximate surface area is 125 Å². The summed E-state index contributed by atoms with van der Waals surface area (Å²) in [4.78, 5) is 2.31. The Morgan fingerprint density at radius 3 is 3.15 bits per heavy atom. The van der Waals surface area contributed by atoms with Crippen LogP contribution in [0.5, 0.6) is 0 Å². The van der Waals surface area contributed by atoms with E-state index in [-0.39, 0.29) is 10.8 Å². The topological polar surface area (TPSA) is 24.5 Å². The number of hydrogen-bond donors (Lipinski definition) is 1. The summed E-state index contributed by atoms with van der Waals surface area (Å²) in [5, 5.41) is 3.65. The number of rotatable bonds is 6. The van der Waals surface area contributed by atoms with Crippen molar-refractivity contribution in [1.82, 2.24) is 10.2 Å². The largest absolute Gasteiger partial charge is 0.378 e. The summed E-state index contributed by atoms with van der Waals surface area (Å²) in [7, 11) is 0. The second-order valence-corrected chi connectivity index (χ2v) is 5.49. The number of nitrogens with one attached hydrogen (secondary N) is 1. The maximum Gasteiger partial charge on any atom is 0.142 e. The zero-order chi connectivity index (χ0) is 14.4. The van der Waals surface area contributed by atoms with E-state index >= 15 is 0 Å². The predicted octanol–water partition coefficient (Wildman–Crippen LogP) is 2.68. The van der Waals surface area contributed by atoms with E-state index in [1.54, 1.807) is 6.07 Å². The number of morpholine rings is 1. The van der Waals surface area contributed by atoms with Gasteiger partial charge in [0.2, 0.25) is 0 Å². The molecule has 5 heteroatoms. The summed E-state index contributed by atoms with van der Waals surface area (Å²) in [5.41, 5.74) is 0.842. The first-order valence-electron chi connectivity index (χ1n) is 7.17. The molecule has 2 rings (SSSR count). The van der Waals surface area contributed by atoms with E-state index < -0.39 is 0 Å². The van der Waals surface area contributed by atoms with Crippen molar-refractivity contribution in [3.8, 4) is 0 Å². The summed E-state index contributed by atoms with van der Waals surface area (Å²) in [5.74, 6) is -0.349. The Hall–Kier alpha value is -0.680. The Balaban J connectivity index is 1.99. The van der Waals surface area contributed by atoms with Gasteiger partial charge in [0.25, 0.3) is 0 Å². The van der Waals surface area contributed by atoms with Crippen molar-refractivity contribution in [2.75, 3.05) is 32.8 Å². The lowest BCUT2D eigenvalue weighted by Crippen LogP contribution is -2.50. The van der Waals surface area contributed by atoms with Crippen molar-refractivity contribution in [3.63, 3.8) is 0 Å². The molecular weight excluding hydrogens is 279 g/mol. The Kier molecular flexibility index (Phi) is 6.23. The van der Waals surface area contributed by atoms with E-state index in [2.05, 4.69) is 17.1 Å². The number of benzene rings is 1. The van der Waals surface area contributed by atoms with Gasteiger partial charge in [-0.25, -0.2) is 4.39 Å². The maximum absolute atomic E-state index is 13.5. The van der Waals surface area contributed by atoms with Crippen molar-refractivity contribution >= 4 is 11.6 Å². The van der Waals surface area contributed by atoms with E-state index in [0.29, 0.717) is 19.2 Å². The van der Waals surface area contributed by atoms with E-state index in [0.717, 1.165) is 38.2 Å². The average molecular weight is 301 g/mol. The third-order valence-electron chi connectivity index (χ3n) is 3.56. The summed E-state index contributed by atoms with van der Waals surface area (Å²) < 4.78 is 19.0. The lowest BCUT2D eigenvalue weighted by atomic mass is 10.1. The van der Waals surface area contributed by atoms with E-state index in [4.69, 9.17) is 16.3 Å². The van der Waals surface area contributed by atoms with Gasteiger partial charge in [0.1, 0.15) is 5.82 Å². The molecule has 112 valence electrons. The minimum absolute atomic E-state index is 0.235. The summed E-state index contributed by atoms with van der Waals surface area (Å²) in [6.07, 6.45) is 1.11. The second kappa shape index (κ2) is 7.93. The first-order valence-corrected chi connectivity index (χ1v) is 7.55. The van der Waals surface area contributed by atoms with Gasteiger partial charge in [0.05, 0.1) is 18.2 Å². The van der Waals surface area contributed by atoms with Crippen LogP contribution >= 0.6 is 11.6 Å². The first kappa shape index (κ1) is 15.7. The number of hydrogen-bond acceptors (Lipinski definition) is 3. The van der Waals surface area contributed by atoms with Crippen LogP contribution in [0.2, 0.25) is 5.02 Å². The van der Waals surface area contributed by atoms with Gasteiger partial charge in [-0.15, -0.1) is 0 Å². The minimum atomic E-state index is -0.349. The normalized spacial score (nSPS) is 20.2. The van der Waals surface area contributed by atoms with Crippen molar-refractivity contribution in [1.29, 1.82) is 0 Å². The van der Waals surface area contributed by atoms with Gasteiger partial charge >= 0.3 is 0 Å². The lowest BCUT2D eigenvalue weighted by Gasteiger charge is -2.36. The number of halogens is 2. The quantitative estimate of drug-likeness (QED) is 0.818. The molecule has 1 heterocycles. The highest BCUT2D eigenvalue weighted by Gasteiger charge is 2.23. The van der Waals surface area contributed by atoms with Gasteiger partial charge in [-0.05, 0) is 24.6 Å². The van der Waals surface area contributed by atoms with Crippen LogP contribution in [0.1, 0.15) is 18.9 Å². The molecule has 1 aliphatic rings. The monoisotopic (exact) mass is 300 g/mol. The molecule has 1 N–H and O–H groups in total. The lowest BCUT2D eigenvalue weighted by molar-refractivity contribution is -0.0108. The fraction of sp³-hybridized carbons (Fsp3) is 0.600. The molecule has 1 aromatic rings. The molecule has 0 saturated carbocycles.